The fraction of sp³-hybridized carbons (Fsp3) is 0.304. The van der Waals surface area contributed by atoms with Gasteiger partial charge in [0.15, 0.2) is 35.1 Å². The largest absolute Gasteiger partial charge is 0.493 e. The van der Waals surface area contributed by atoms with Gasteiger partial charge in [-0.1, -0.05) is 10.4 Å². The molecule has 2 aliphatic rings. The molecule has 0 unspecified atom stereocenters. The number of carbonyl (C=O) groups is 2. The van der Waals surface area contributed by atoms with Gasteiger partial charge in [-0.15, -0.1) is 0 Å². The zero-order chi connectivity index (χ0) is 25.4. The minimum atomic E-state index is -0.973. The molecule has 0 bridgehead atoms. The summed E-state index contributed by atoms with van der Waals surface area (Å²) in [5.41, 5.74) is 0.996. The van der Waals surface area contributed by atoms with Crippen LogP contribution in [0, 0.1) is 0 Å². The van der Waals surface area contributed by atoms with Gasteiger partial charge >= 0.3 is 0 Å². The molecule has 0 spiro atoms. The van der Waals surface area contributed by atoms with Gasteiger partial charge in [0.1, 0.15) is 6.54 Å². The van der Waals surface area contributed by atoms with Gasteiger partial charge in [-0.05, 0) is 30.3 Å². The summed E-state index contributed by atoms with van der Waals surface area (Å²) in [6.45, 7) is -0.0102. The van der Waals surface area contributed by atoms with E-state index in [4.69, 9.17) is 23.5 Å². The molecule has 2 atom stereocenters. The molecule has 1 fully saturated rings. The minimum Gasteiger partial charge on any atom is -0.493 e. The van der Waals surface area contributed by atoms with Crippen molar-refractivity contribution in [2.45, 2.75) is 18.6 Å². The predicted molar refractivity (Wildman–Crippen MR) is 123 cm³/mol. The predicted octanol–water partition coefficient (Wildman–Crippen LogP) is 2.26. The normalized spacial score (nSPS) is 18.6. The zero-order valence-electron chi connectivity index (χ0n) is 19.9. The van der Waals surface area contributed by atoms with E-state index < -0.39 is 23.9 Å². The van der Waals surface area contributed by atoms with Crippen molar-refractivity contribution < 1.29 is 33.1 Å². The van der Waals surface area contributed by atoms with Gasteiger partial charge in [-0.2, -0.15) is 10.1 Å². The van der Waals surface area contributed by atoms with Gasteiger partial charge in [0.05, 0.1) is 34.1 Å². The first kappa shape index (κ1) is 23.1. The molecular weight excluding hydrogens is 472 g/mol. The highest BCUT2D eigenvalue weighted by Gasteiger charge is 2.55. The molecular formula is C23H22N6O7. The van der Waals surface area contributed by atoms with Crippen molar-refractivity contribution >= 4 is 17.5 Å². The highest BCUT2D eigenvalue weighted by atomic mass is 16.5. The average molecular weight is 494 g/mol. The molecule has 2 amide bonds. The maximum atomic E-state index is 13.3. The first-order chi connectivity index (χ1) is 17.5. The summed E-state index contributed by atoms with van der Waals surface area (Å²) in [5.74, 6) is 1.51. The molecule has 2 aromatic carbocycles. The second-order valence-electron chi connectivity index (χ2n) is 7.82. The van der Waals surface area contributed by atoms with E-state index in [2.05, 4.69) is 20.5 Å². The van der Waals surface area contributed by atoms with Crippen molar-refractivity contribution in [3.05, 3.63) is 42.3 Å². The number of rotatable bonds is 8. The molecule has 13 heteroatoms. The Morgan fingerprint density at radius 3 is 2.22 bits per heavy atom. The monoisotopic (exact) mass is 494 g/mol. The molecule has 5 rings (SSSR count). The molecule has 1 aromatic heterocycles. The molecule has 0 aliphatic carbocycles. The lowest BCUT2D eigenvalue weighted by atomic mass is 10.1. The summed E-state index contributed by atoms with van der Waals surface area (Å²) in [6.07, 6.45) is 0. The van der Waals surface area contributed by atoms with Crippen molar-refractivity contribution in [2.75, 3.05) is 33.3 Å². The second kappa shape index (κ2) is 9.17. The van der Waals surface area contributed by atoms with Crippen molar-refractivity contribution in [1.82, 2.24) is 15.1 Å². The maximum Gasteiger partial charge on any atom is 0.263 e. The van der Waals surface area contributed by atoms with Crippen LogP contribution in [0.5, 0.6) is 23.0 Å². The number of methoxy groups -OCH3 is 4. The fourth-order valence-electron chi connectivity index (χ4n) is 4.12. The van der Waals surface area contributed by atoms with Gasteiger partial charge < -0.3 is 23.5 Å². The zero-order valence-corrected chi connectivity index (χ0v) is 19.9. The van der Waals surface area contributed by atoms with Crippen molar-refractivity contribution in [3.63, 3.8) is 0 Å². The summed E-state index contributed by atoms with van der Waals surface area (Å²) >= 11 is 0. The lowest BCUT2D eigenvalue weighted by Gasteiger charge is -2.20. The maximum absolute atomic E-state index is 13.3. The topological polar surface area (TPSA) is 141 Å². The van der Waals surface area contributed by atoms with E-state index in [0.29, 0.717) is 40.1 Å². The van der Waals surface area contributed by atoms with Crippen LogP contribution in [-0.4, -0.2) is 67.5 Å². The van der Waals surface area contributed by atoms with Gasteiger partial charge in [-0.25, -0.2) is 4.90 Å². The average Bonchev–Trinajstić information content (AvgIpc) is 3.61. The molecule has 186 valence electrons. The van der Waals surface area contributed by atoms with Crippen LogP contribution in [0.25, 0.3) is 11.4 Å². The molecule has 13 nitrogen and oxygen atoms in total. The number of hydrogen-bond donors (Lipinski definition) is 0. The fourth-order valence-corrected chi connectivity index (χ4v) is 4.12. The van der Waals surface area contributed by atoms with E-state index >= 15 is 0 Å². The highest BCUT2D eigenvalue weighted by molar-refractivity contribution is 6.25. The van der Waals surface area contributed by atoms with Crippen molar-refractivity contribution in [1.29, 1.82) is 0 Å². The van der Waals surface area contributed by atoms with Gasteiger partial charge in [0.2, 0.25) is 11.7 Å². The van der Waals surface area contributed by atoms with E-state index in [1.807, 2.05) is 0 Å². The molecule has 3 heterocycles. The van der Waals surface area contributed by atoms with Gasteiger partial charge in [0.25, 0.3) is 11.8 Å². The summed E-state index contributed by atoms with van der Waals surface area (Å²) < 4.78 is 26.5. The minimum absolute atomic E-state index is 0.0102. The Kier molecular flexibility index (Phi) is 5.88. The Morgan fingerprint density at radius 2 is 1.53 bits per heavy atom. The Bertz CT molecular complexity index is 1360. The third-order valence-electron chi connectivity index (χ3n) is 5.89. The number of hydrogen-bond acceptors (Lipinski definition) is 12. The Morgan fingerprint density at radius 1 is 0.861 bits per heavy atom. The third kappa shape index (κ3) is 3.74. The number of amides is 2. The highest BCUT2D eigenvalue weighted by Crippen LogP contribution is 2.37. The van der Waals surface area contributed by atoms with Crippen LogP contribution in [0.1, 0.15) is 5.89 Å². The van der Waals surface area contributed by atoms with E-state index in [1.165, 1.54) is 26.3 Å². The van der Waals surface area contributed by atoms with Crippen LogP contribution < -0.4 is 23.8 Å². The van der Waals surface area contributed by atoms with Crippen LogP contribution in [0.3, 0.4) is 0 Å². The summed E-state index contributed by atoms with van der Waals surface area (Å²) in [6, 6.07) is 8.10. The molecule has 2 aliphatic heterocycles. The molecule has 36 heavy (non-hydrogen) atoms. The van der Waals surface area contributed by atoms with Crippen LogP contribution in [0.15, 0.2) is 51.3 Å². The smallest absolute Gasteiger partial charge is 0.263 e. The standard InChI is InChI=1S/C23H22N6O7/c1-32-14-7-5-12(9-16(14)34-3)21-24-18(36-26-21)11-28-20-19(25-27-28)22(30)29(23(20)31)13-6-8-15(33-2)17(10-13)35-4/h5-10,19-20H,11H2,1-4H3/t19-,20-/m1/s1. The number of carbonyl (C=O) groups excluding carboxylic acids is 2. The summed E-state index contributed by atoms with van der Waals surface area (Å²) in [7, 11) is 6.05. The quantitative estimate of drug-likeness (QED) is 0.428. The Labute approximate surface area is 205 Å². The molecule has 0 saturated carbocycles. The Hall–Kier alpha value is -4.68. The number of benzene rings is 2. The molecule has 0 radical (unpaired) electrons. The van der Waals surface area contributed by atoms with Crippen LogP contribution in [0.4, 0.5) is 5.69 Å². The number of aromatic nitrogens is 2. The number of ether oxygens (including phenoxy) is 4. The van der Waals surface area contributed by atoms with Crippen LogP contribution in [0.2, 0.25) is 0 Å². The van der Waals surface area contributed by atoms with E-state index in [9.17, 15) is 9.59 Å². The SMILES string of the molecule is COc1ccc(-c2noc(CN3N=N[C@H]4C(=O)N(c5ccc(OC)c(OC)c5)C(=O)[C@@H]43)n2)cc1OC. The Balaban J connectivity index is 1.35. The van der Waals surface area contributed by atoms with E-state index in [0.717, 1.165) is 4.90 Å². The van der Waals surface area contributed by atoms with E-state index in [-0.39, 0.29) is 12.4 Å². The summed E-state index contributed by atoms with van der Waals surface area (Å²) in [5, 5.41) is 13.4. The molecule has 1 saturated heterocycles. The number of anilines is 1. The van der Waals surface area contributed by atoms with Crippen molar-refractivity contribution in [3.8, 4) is 34.4 Å². The molecule has 3 aromatic rings. The van der Waals surface area contributed by atoms with Gasteiger partial charge in [0, 0.05) is 11.6 Å². The number of fused-ring (bicyclic) bond motifs is 1. The van der Waals surface area contributed by atoms with Crippen molar-refractivity contribution in [2.24, 2.45) is 10.3 Å². The van der Waals surface area contributed by atoms with Crippen LogP contribution >= 0.6 is 0 Å². The third-order valence-corrected chi connectivity index (χ3v) is 5.89. The second-order valence-corrected chi connectivity index (χ2v) is 7.82. The van der Waals surface area contributed by atoms with Crippen LogP contribution in [-0.2, 0) is 16.1 Å². The molecule has 0 N–H and O–H groups in total. The number of nitrogens with zero attached hydrogens (tertiary/aromatic N) is 6. The first-order valence-corrected chi connectivity index (χ1v) is 10.8. The lowest BCUT2D eigenvalue weighted by molar-refractivity contribution is -0.123. The first-order valence-electron chi connectivity index (χ1n) is 10.8. The number of imide groups is 1. The van der Waals surface area contributed by atoms with E-state index in [1.54, 1.807) is 43.5 Å². The lowest BCUT2D eigenvalue weighted by Crippen LogP contribution is -2.39. The van der Waals surface area contributed by atoms with Gasteiger partial charge in [-0.3, -0.25) is 14.6 Å². The summed E-state index contributed by atoms with van der Waals surface area (Å²) in [4.78, 5) is 31.8.